The molecule has 0 atom stereocenters. The molecule has 0 saturated heterocycles. The Morgan fingerprint density at radius 1 is 1.13 bits per heavy atom. The van der Waals surface area contributed by atoms with Crippen molar-refractivity contribution < 1.29 is 31.5 Å². The van der Waals surface area contributed by atoms with Crippen molar-refractivity contribution in [1.29, 1.82) is 0 Å². The molecule has 23 heavy (non-hydrogen) atoms. The van der Waals surface area contributed by atoms with Gasteiger partial charge in [-0.1, -0.05) is 0 Å². The second kappa shape index (κ2) is 6.19. The van der Waals surface area contributed by atoms with Crippen molar-refractivity contribution >= 4 is 5.91 Å². The maximum atomic E-state index is 13.3. The van der Waals surface area contributed by atoms with Crippen LogP contribution in [0.4, 0.5) is 22.0 Å². The van der Waals surface area contributed by atoms with Crippen LogP contribution in [0.1, 0.15) is 10.4 Å². The van der Waals surface area contributed by atoms with Crippen LogP contribution in [0.3, 0.4) is 0 Å². The third kappa shape index (κ3) is 4.38. The molecule has 0 bridgehead atoms. The third-order valence-electron chi connectivity index (χ3n) is 2.65. The first-order valence-corrected chi connectivity index (χ1v) is 6.12. The average molecular weight is 332 g/mol. The molecule has 0 radical (unpaired) electrons. The van der Waals surface area contributed by atoms with Gasteiger partial charge in [0, 0.05) is 17.7 Å². The lowest BCUT2D eigenvalue weighted by molar-refractivity contribution is -0.154. The van der Waals surface area contributed by atoms with E-state index in [2.05, 4.69) is 9.72 Å². The summed E-state index contributed by atoms with van der Waals surface area (Å²) < 4.78 is 67.5. The van der Waals surface area contributed by atoms with Crippen molar-refractivity contribution in [1.82, 2.24) is 4.98 Å². The van der Waals surface area contributed by atoms with Gasteiger partial charge >= 0.3 is 6.18 Å². The number of ether oxygens (including phenoxy) is 1. The van der Waals surface area contributed by atoms with E-state index in [-0.39, 0.29) is 16.8 Å². The Hall–Kier alpha value is -2.71. The summed E-state index contributed by atoms with van der Waals surface area (Å²) in [6.07, 6.45) is -4.59. The predicted molar refractivity (Wildman–Crippen MR) is 69.7 cm³/mol. The van der Waals surface area contributed by atoms with Crippen LogP contribution in [0.5, 0.6) is 5.88 Å². The Labute approximate surface area is 126 Å². The summed E-state index contributed by atoms with van der Waals surface area (Å²) in [6.45, 7) is -1.60. The van der Waals surface area contributed by atoms with E-state index >= 15 is 0 Å². The Bertz CT molecular complexity index is 726. The molecule has 0 fully saturated rings. The van der Waals surface area contributed by atoms with Gasteiger partial charge in [-0.25, -0.2) is 13.8 Å². The van der Waals surface area contributed by atoms with E-state index in [9.17, 15) is 26.7 Å². The number of pyridine rings is 1. The predicted octanol–water partition coefficient (Wildman–Crippen LogP) is 3.07. The number of hydrogen-bond donors (Lipinski definition) is 1. The molecule has 1 aromatic carbocycles. The summed E-state index contributed by atoms with van der Waals surface area (Å²) in [5.74, 6) is -3.32. The number of primary amides is 1. The fraction of sp³-hybridized carbons (Fsp3) is 0.143. The first-order valence-electron chi connectivity index (χ1n) is 6.12. The standard InChI is InChI=1S/C14H9F5N2O2/c15-8-3-7(4-9(16)5-8)12-10(13(20)22)1-2-11(21-12)23-6-14(17,18)19/h1-5H,6H2,(H2,20,22). The lowest BCUT2D eigenvalue weighted by Crippen LogP contribution is -2.20. The zero-order chi connectivity index (χ0) is 17.2. The van der Waals surface area contributed by atoms with Crippen molar-refractivity contribution in [3.8, 4) is 17.1 Å². The molecule has 0 saturated carbocycles. The normalized spacial score (nSPS) is 11.3. The molecule has 0 aliphatic heterocycles. The minimum absolute atomic E-state index is 0.159. The van der Waals surface area contributed by atoms with Gasteiger partial charge < -0.3 is 10.5 Å². The van der Waals surface area contributed by atoms with Crippen molar-refractivity contribution in [2.24, 2.45) is 5.73 Å². The Morgan fingerprint density at radius 2 is 1.74 bits per heavy atom. The zero-order valence-corrected chi connectivity index (χ0v) is 11.3. The quantitative estimate of drug-likeness (QED) is 0.875. The number of nitrogens with zero attached hydrogens (tertiary/aromatic N) is 1. The molecule has 1 heterocycles. The van der Waals surface area contributed by atoms with Crippen molar-refractivity contribution in [3.05, 3.63) is 47.5 Å². The van der Waals surface area contributed by atoms with E-state index in [1.807, 2.05) is 0 Å². The number of amides is 1. The fourth-order valence-electron chi connectivity index (χ4n) is 1.79. The molecule has 0 aliphatic rings. The third-order valence-corrected chi connectivity index (χ3v) is 2.65. The first kappa shape index (κ1) is 16.7. The van der Waals surface area contributed by atoms with Crippen LogP contribution in [0.25, 0.3) is 11.3 Å². The molecule has 2 rings (SSSR count). The first-order chi connectivity index (χ1) is 10.7. The number of carbonyl (C=O) groups excluding carboxylic acids is 1. The monoisotopic (exact) mass is 332 g/mol. The molecule has 2 aromatic rings. The summed E-state index contributed by atoms with van der Waals surface area (Å²) in [7, 11) is 0. The number of aromatic nitrogens is 1. The van der Waals surface area contributed by atoms with Gasteiger partial charge in [-0.15, -0.1) is 0 Å². The molecule has 1 aromatic heterocycles. The van der Waals surface area contributed by atoms with E-state index in [1.165, 1.54) is 0 Å². The van der Waals surface area contributed by atoms with Crippen LogP contribution in [0.2, 0.25) is 0 Å². The van der Waals surface area contributed by atoms with Gasteiger partial charge in [-0.05, 0) is 18.2 Å². The second-order valence-electron chi connectivity index (χ2n) is 4.47. The van der Waals surface area contributed by atoms with E-state index in [0.29, 0.717) is 6.07 Å². The second-order valence-corrected chi connectivity index (χ2v) is 4.47. The minimum Gasteiger partial charge on any atom is -0.468 e. The number of benzene rings is 1. The molecule has 0 aliphatic carbocycles. The fourth-order valence-corrected chi connectivity index (χ4v) is 1.79. The van der Waals surface area contributed by atoms with Gasteiger partial charge in [0.2, 0.25) is 5.88 Å². The van der Waals surface area contributed by atoms with Crippen LogP contribution in [0, 0.1) is 11.6 Å². The molecule has 0 spiro atoms. The van der Waals surface area contributed by atoms with Gasteiger partial charge in [-0.2, -0.15) is 13.2 Å². The molecule has 9 heteroatoms. The van der Waals surface area contributed by atoms with Gasteiger partial charge in [0.1, 0.15) is 11.6 Å². The average Bonchev–Trinajstić information content (AvgIpc) is 2.43. The van der Waals surface area contributed by atoms with Crippen LogP contribution in [-0.4, -0.2) is 23.7 Å². The summed E-state index contributed by atoms with van der Waals surface area (Å²) in [5.41, 5.74) is 4.48. The Balaban J connectivity index is 2.48. The minimum atomic E-state index is -4.59. The van der Waals surface area contributed by atoms with E-state index in [1.54, 1.807) is 0 Å². The van der Waals surface area contributed by atoms with Crippen LogP contribution >= 0.6 is 0 Å². The number of nitrogens with two attached hydrogens (primary N) is 1. The molecule has 0 unspecified atom stereocenters. The van der Waals surface area contributed by atoms with Gasteiger partial charge in [0.25, 0.3) is 5.91 Å². The summed E-state index contributed by atoms with van der Waals surface area (Å²) in [4.78, 5) is 15.1. The topological polar surface area (TPSA) is 65.2 Å². The summed E-state index contributed by atoms with van der Waals surface area (Å²) in [6, 6.07) is 4.40. The molecular formula is C14H9F5N2O2. The summed E-state index contributed by atoms with van der Waals surface area (Å²) >= 11 is 0. The molecule has 1 amide bonds. The molecule has 4 nitrogen and oxygen atoms in total. The van der Waals surface area contributed by atoms with E-state index in [0.717, 1.165) is 24.3 Å². The maximum Gasteiger partial charge on any atom is 0.422 e. The van der Waals surface area contributed by atoms with E-state index in [4.69, 9.17) is 5.73 Å². The SMILES string of the molecule is NC(=O)c1ccc(OCC(F)(F)F)nc1-c1cc(F)cc(F)c1. The largest absolute Gasteiger partial charge is 0.468 e. The van der Waals surface area contributed by atoms with Gasteiger partial charge in [0.05, 0.1) is 11.3 Å². The number of alkyl halides is 3. The Kier molecular flexibility index (Phi) is 4.48. The van der Waals surface area contributed by atoms with Crippen LogP contribution in [-0.2, 0) is 0 Å². The van der Waals surface area contributed by atoms with Crippen LogP contribution < -0.4 is 10.5 Å². The molecule has 2 N–H and O–H groups in total. The lowest BCUT2D eigenvalue weighted by atomic mass is 10.1. The van der Waals surface area contributed by atoms with Gasteiger partial charge in [0.15, 0.2) is 6.61 Å². The Morgan fingerprint density at radius 3 is 2.26 bits per heavy atom. The van der Waals surface area contributed by atoms with Crippen molar-refractivity contribution in [2.45, 2.75) is 6.18 Å². The lowest BCUT2D eigenvalue weighted by Gasteiger charge is -2.11. The zero-order valence-electron chi connectivity index (χ0n) is 11.3. The highest BCUT2D eigenvalue weighted by Crippen LogP contribution is 2.26. The van der Waals surface area contributed by atoms with E-state index < -0.39 is 36.2 Å². The van der Waals surface area contributed by atoms with Crippen molar-refractivity contribution in [2.75, 3.05) is 6.61 Å². The smallest absolute Gasteiger partial charge is 0.422 e. The highest BCUT2D eigenvalue weighted by molar-refractivity contribution is 5.98. The maximum absolute atomic E-state index is 13.3. The molecular weight excluding hydrogens is 323 g/mol. The summed E-state index contributed by atoms with van der Waals surface area (Å²) in [5, 5.41) is 0. The highest BCUT2D eigenvalue weighted by Gasteiger charge is 2.29. The number of halogens is 5. The molecule has 122 valence electrons. The number of carbonyl (C=O) groups is 1. The number of rotatable bonds is 4. The van der Waals surface area contributed by atoms with Crippen LogP contribution in [0.15, 0.2) is 30.3 Å². The van der Waals surface area contributed by atoms with Crippen molar-refractivity contribution in [3.63, 3.8) is 0 Å². The number of hydrogen-bond acceptors (Lipinski definition) is 3. The highest BCUT2D eigenvalue weighted by atomic mass is 19.4. The van der Waals surface area contributed by atoms with Gasteiger partial charge in [-0.3, -0.25) is 4.79 Å².